The molecule has 3 aromatic carbocycles. The normalized spacial score (nSPS) is 18.3. The highest BCUT2D eigenvalue weighted by Gasteiger charge is 2.33. The van der Waals surface area contributed by atoms with Crippen LogP contribution in [0.5, 0.6) is 5.75 Å². The quantitative estimate of drug-likeness (QED) is 0.311. The molecule has 9 heteroatoms. The van der Waals surface area contributed by atoms with Crippen molar-refractivity contribution < 1.29 is 32.0 Å². The summed E-state index contributed by atoms with van der Waals surface area (Å²) < 4.78 is 38.7. The van der Waals surface area contributed by atoms with Gasteiger partial charge in [-0.05, 0) is 46.5 Å². The van der Waals surface area contributed by atoms with Crippen molar-refractivity contribution in [3.05, 3.63) is 77.9 Å². The van der Waals surface area contributed by atoms with Crippen LogP contribution in [0.3, 0.4) is 0 Å². The van der Waals surface area contributed by atoms with E-state index in [4.69, 9.17) is 13.7 Å². The number of rotatable bonds is 10. The number of amides is 1. The van der Waals surface area contributed by atoms with E-state index in [9.17, 15) is 18.3 Å². The fourth-order valence-electron chi connectivity index (χ4n) is 4.44. The van der Waals surface area contributed by atoms with Gasteiger partial charge in [-0.25, -0.2) is 4.79 Å². The summed E-state index contributed by atoms with van der Waals surface area (Å²) in [5.41, 5.74) is 2.11. The summed E-state index contributed by atoms with van der Waals surface area (Å²) in [6, 6.07) is 22.1. The molecule has 1 saturated heterocycles. The molecule has 2 atom stereocenters. The van der Waals surface area contributed by atoms with Gasteiger partial charge >= 0.3 is 6.09 Å². The van der Waals surface area contributed by atoms with E-state index < -0.39 is 16.2 Å². The van der Waals surface area contributed by atoms with Gasteiger partial charge in [0.2, 0.25) is 0 Å². The number of hydrogen-bond donors (Lipinski definition) is 1. The van der Waals surface area contributed by atoms with Crippen LogP contribution in [0.4, 0.5) is 4.79 Å². The summed E-state index contributed by atoms with van der Waals surface area (Å²) in [6.07, 6.45) is 0.926. The van der Waals surface area contributed by atoms with Crippen molar-refractivity contribution in [3.63, 3.8) is 0 Å². The zero-order valence-electron chi connectivity index (χ0n) is 20.2. The molecule has 36 heavy (non-hydrogen) atoms. The van der Waals surface area contributed by atoms with Gasteiger partial charge in [-0.2, -0.15) is 8.42 Å². The average molecular weight is 514 g/mol. The number of carboxylic acid groups (broad SMARTS) is 1. The fourth-order valence-corrected chi connectivity index (χ4v) is 4.86. The molecule has 1 aliphatic rings. The smallest absolute Gasteiger partial charge is 0.407 e. The largest absolute Gasteiger partial charge is 0.494 e. The molecular formula is C27H31NO7S. The summed E-state index contributed by atoms with van der Waals surface area (Å²) in [6.45, 7) is 1.58. The Morgan fingerprint density at radius 2 is 1.78 bits per heavy atom. The van der Waals surface area contributed by atoms with Gasteiger partial charge in [-0.15, -0.1) is 0 Å². The third-order valence-electron chi connectivity index (χ3n) is 6.27. The molecule has 0 bridgehead atoms. The molecule has 1 fully saturated rings. The predicted octanol–water partition coefficient (Wildman–Crippen LogP) is 4.64. The third-order valence-corrected chi connectivity index (χ3v) is 6.87. The molecule has 8 nitrogen and oxygen atoms in total. The lowest BCUT2D eigenvalue weighted by Gasteiger charge is -2.37. The molecule has 0 aromatic heterocycles. The van der Waals surface area contributed by atoms with Crippen LogP contribution >= 0.6 is 0 Å². The first kappa shape index (κ1) is 25.9. The van der Waals surface area contributed by atoms with Crippen LogP contribution in [-0.4, -0.2) is 63.2 Å². The van der Waals surface area contributed by atoms with Crippen molar-refractivity contribution in [2.45, 2.75) is 31.5 Å². The van der Waals surface area contributed by atoms with E-state index in [0.29, 0.717) is 44.9 Å². The third kappa shape index (κ3) is 7.19. The molecular weight excluding hydrogens is 482 g/mol. The van der Waals surface area contributed by atoms with E-state index >= 15 is 0 Å². The number of piperidine rings is 1. The summed E-state index contributed by atoms with van der Waals surface area (Å²) in [4.78, 5) is 13.0. The van der Waals surface area contributed by atoms with Gasteiger partial charge in [0.15, 0.2) is 0 Å². The van der Waals surface area contributed by atoms with Crippen LogP contribution < -0.4 is 4.74 Å². The first-order valence-electron chi connectivity index (χ1n) is 11.9. The molecule has 1 N–H and O–H groups in total. The number of ether oxygens (including phenoxy) is 2. The van der Waals surface area contributed by atoms with Crippen molar-refractivity contribution in [2.75, 3.05) is 32.6 Å². The van der Waals surface area contributed by atoms with Crippen molar-refractivity contribution in [1.82, 2.24) is 4.90 Å². The van der Waals surface area contributed by atoms with Gasteiger partial charge < -0.3 is 19.5 Å². The van der Waals surface area contributed by atoms with E-state index in [1.54, 1.807) is 0 Å². The van der Waals surface area contributed by atoms with Gasteiger partial charge in [-0.1, -0.05) is 48.5 Å². The first-order chi connectivity index (χ1) is 17.3. The predicted molar refractivity (Wildman–Crippen MR) is 137 cm³/mol. The topological polar surface area (TPSA) is 102 Å². The van der Waals surface area contributed by atoms with Crippen LogP contribution in [0.2, 0.25) is 0 Å². The van der Waals surface area contributed by atoms with Gasteiger partial charge in [0.1, 0.15) is 5.75 Å². The van der Waals surface area contributed by atoms with Crippen molar-refractivity contribution in [3.8, 4) is 5.75 Å². The second kappa shape index (κ2) is 11.7. The van der Waals surface area contributed by atoms with Crippen molar-refractivity contribution in [1.29, 1.82) is 0 Å². The van der Waals surface area contributed by atoms with E-state index in [1.807, 2.05) is 42.5 Å². The number of hydrogen-bond acceptors (Lipinski definition) is 6. The van der Waals surface area contributed by atoms with Crippen LogP contribution in [0.25, 0.3) is 10.8 Å². The number of nitrogens with zero attached hydrogens (tertiary/aromatic N) is 1. The molecule has 1 aliphatic heterocycles. The highest BCUT2D eigenvalue weighted by molar-refractivity contribution is 7.85. The average Bonchev–Trinajstić information content (AvgIpc) is 2.86. The van der Waals surface area contributed by atoms with E-state index in [0.717, 1.165) is 22.8 Å². The Hall–Kier alpha value is -3.14. The Morgan fingerprint density at radius 3 is 2.50 bits per heavy atom. The zero-order valence-corrected chi connectivity index (χ0v) is 21.0. The van der Waals surface area contributed by atoms with Crippen LogP contribution in [-0.2, 0) is 25.6 Å². The van der Waals surface area contributed by atoms with Crippen LogP contribution in [0.15, 0.2) is 66.7 Å². The summed E-state index contributed by atoms with van der Waals surface area (Å²) in [5.74, 6) is 0.730. The van der Waals surface area contributed by atoms with Gasteiger partial charge in [0, 0.05) is 18.9 Å². The van der Waals surface area contributed by atoms with Crippen molar-refractivity contribution in [2.24, 2.45) is 0 Å². The zero-order chi connectivity index (χ0) is 25.5. The lowest BCUT2D eigenvalue weighted by Crippen LogP contribution is -2.46. The van der Waals surface area contributed by atoms with Crippen LogP contribution in [0, 0.1) is 0 Å². The monoisotopic (exact) mass is 513 g/mol. The Labute approximate surface area is 211 Å². The fraction of sp³-hybridized carbons (Fsp3) is 0.370. The standard InChI is InChI=1S/C27H31NO7S/c1-36(31,32)35-16-4-15-33-24-11-9-22(10-12-24)25-13-14-28(27(29)30)18-26(25)34-19-20-7-8-21-5-2-3-6-23(21)17-20/h2-3,5-12,17,25-26H,4,13-16,18-19H2,1H3,(H,29,30). The molecule has 4 rings (SSSR count). The second-order valence-electron chi connectivity index (χ2n) is 8.95. The highest BCUT2D eigenvalue weighted by atomic mass is 32.2. The lowest BCUT2D eigenvalue weighted by molar-refractivity contribution is -0.0199. The maximum Gasteiger partial charge on any atom is 0.407 e. The van der Waals surface area contributed by atoms with E-state index in [1.165, 1.54) is 10.3 Å². The Bertz CT molecular complexity index is 1280. The highest BCUT2D eigenvalue weighted by Crippen LogP contribution is 2.32. The second-order valence-corrected chi connectivity index (χ2v) is 10.6. The molecule has 0 radical (unpaired) electrons. The molecule has 1 heterocycles. The molecule has 192 valence electrons. The van der Waals surface area contributed by atoms with Crippen LogP contribution in [0.1, 0.15) is 29.9 Å². The lowest BCUT2D eigenvalue weighted by atomic mass is 9.87. The number of fused-ring (bicyclic) bond motifs is 1. The minimum Gasteiger partial charge on any atom is -0.494 e. The Morgan fingerprint density at radius 1 is 1.03 bits per heavy atom. The SMILES string of the molecule is CS(=O)(=O)OCCCOc1ccc(C2CCN(C(=O)O)CC2OCc2ccc3ccccc3c2)cc1. The Kier molecular flexibility index (Phi) is 8.45. The molecule has 0 aliphatic carbocycles. The van der Waals surface area contributed by atoms with Gasteiger partial charge in [-0.3, -0.25) is 4.18 Å². The van der Waals surface area contributed by atoms with Crippen molar-refractivity contribution >= 4 is 27.0 Å². The summed E-state index contributed by atoms with van der Waals surface area (Å²) >= 11 is 0. The summed E-state index contributed by atoms with van der Waals surface area (Å²) in [5, 5.41) is 11.8. The maximum atomic E-state index is 11.6. The Balaban J connectivity index is 1.38. The molecule has 0 saturated carbocycles. The molecule has 1 amide bonds. The van der Waals surface area contributed by atoms with Gasteiger partial charge in [0.25, 0.3) is 10.1 Å². The van der Waals surface area contributed by atoms with Gasteiger partial charge in [0.05, 0.1) is 38.7 Å². The number of carbonyl (C=O) groups is 1. The first-order valence-corrected chi connectivity index (χ1v) is 13.7. The van der Waals surface area contributed by atoms with E-state index in [2.05, 4.69) is 24.3 Å². The molecule has 2 unspecified atom stereocenters. The van der Waals surface area contributed by atoms with E-state index in [-0.39, 0.29) is 18.6 Å². The molecule has 3 aromatic rings. The minimum absolute atomic E-state index is 0.0540. The molecule has 0 spiro atoms. The maximum absolute atomic E-state index is 11.6. The number of benzene rings is 3. The summed E-state index contributed by atoms with van der Waals surface area (Å²) in [7, 11) is -3.44. The number of likely N-dealkylation sites (tertiary alicyclic amines) is 1. The minimum atomic E-state index is -3.44.